The van der Waals surface area contributed by atoms with Crippen LogP contribution in [-0.2, 0) is 6.42 Å². The molecular formula is C14H17N3O3. The van der Waals surface area contributed by atoms with Crippen LogP contribution in [0, 0.1) is 0 Å². The van der Waals surface area contributed by atoms with Crippen LogP contribution in [-0.4, -0.2) is 40.2 Å². The van der Waals surface area contributed by atoms with E-state index in [0.717, 1.165) is 31.6 Å². The average molecular weight is 275 g/mol. The second kappa shape index (κ2) is 5.13. The molecule has 1 unspecified atom stereocenters. The first-order valence-electron chi connectivity index (χ1n) is 6.71. The van der Waals surface area contributed by atoms with Crippen molar-refractivity contribution < 1.29 is 14.6 Å². The van der Waals surface area contributed by atoms with Gasteiger partial charge < -0.3 is 15.2 Å². The van der Waals surface area contributed by atoms with Crippen molar-refractivity contribution in [2.75, 3.05) is 13.7 Å². The number of aromatic carboxylic acids is 1. The van der Waals surface area contributed by atoms with Gasteiger partial charge >= 0.3 is 5.97 Å². The topological polar surface area (TPSA) is 75.9 Å². The maximum atomic E-state index is 11.4. The third-order valence-electron chi connectivity index (χ3n) is 3.71. The number of rotatable bonds is 4. The normalized spacial score (nSPS) is 18.6. The number of methoxy groups -OCH3 is 1. The molecule has 1 aliphatic heterocycles. The molecule has 6 nitrogen and oxygen atoms in total. The fourth-order valence-electron chi connectivity index (χ4n) is 2.78. The molecule has 0 aliphatic carbocycles. The summed E-state index contributed by atoms with van der Waals surface area (Å²) in [5.74, 6) is 0.261. The lowest BCUT2D eigenvalue weighted by molar-refractivity contribution is 0.0693. The fourth-order valence-corrected chi connectivity index (χ4v) is 2.78. The van der Waals surface area contributed by atoms with Gasteiger partial charge in [0.05, 0.1) is 7.11 Å². The van der Waals surface area contributed by atoms with E-state index in [4.69, 9.17) is 4.74 Å². The largest absolute Gasteiger partial charge is 0.494 e. The maximum Gasteiger partial charge on any atom is 0.356 e. The van der Waals surface area contributed by atoms with Gasteiger partial charge in [0.25, 0.3) is 0 Å². The van der Waals surface area contributed by atoms with E-state index in [-0.39, 0.29) is 5.69 Å². The fraction of sp³-hybridized carbons (Fsp3) is 0.429. The minimum Gasteiger partial charge on any atom is -0.494 e. The van der Waals surface area contributed by atoms with E-state index in [1.54, 1.807) is 6.07 Å². The Morgan fingerprint density at radius 1 is 1.65 bits per heavy atom. The number of carboxylic acid groups (broad SMARTS) is 1. The number of carbonyl (C=O) groups is 1. The highest BCUT2D eigenvalue weighted by atomic mass is 16.5. The number of ether oxygens (including phenoxy) is 1. The van der Waals surface area contributed by atoms with Crippen molar-refractivity contribution in [2.24, 2.45) is 0 Å². The van der Waals surface area contributed by atoms with Crippen LogP contribution in [0.5, 0.6) is 5.75 Å². The minimum absolute atomic E-state index is 0.0513. The van der Waals surface area contributed by atoms with Gasteiger partial charge in [0, 0.05) is 18.7 Å². The molecule has 1 atom stereocenters. The molecule has 0 saturated carbocycles. The Morgan fingerprint density at radius 3 is 3.15 bits per heavy atom. The van der Waals surface area contributed by atoms with E-state index < -0.39 is 5.97 Å². The molecule has 3 heterocycles. The summed E-state index contributed by atoms with van der Waals surface area (Å²) in [5.41, 5.74) is 0.575. The number of carboxylic acids is 1. The zero-order valence-electron chi connectivity index (χ0n) is 11.3. The molecule has 0 amide bonds. The molecule has 0 aromatic carbocycles. The molecule has 106 valence electrons. The molecule has 6 heteroatoms. The van der Waals surface area contributed by atoms with E-state index in [9.17, 15) is 9.90 Å². The Kier molecular flexibility index (Phi) is 3.31. The zero-order valence-corrected chi connectivity index (χ0v) is 11.3. The monoisotopic (exact) mass is 275 g/mol. The van der Waals surface area contributed by atoms with E-state index in [1.165, 1.54) is 7.11 Å². The van der Waals surface area contributed by atoms with Crippen molar-refractivity contribution in [1.29, 1.82) is 0 Å². The SMILES string of the molecule is COc1cccn2c(CC3CCCN3)nc(C(=O)O)c12. The second-order valence-electron chi connectivity index (χ2n) is 4.97. The standard InChI is InChI=1S/C14H17N3O3/c1-20-10-5-3-7-17-11(8-9-4-2-6-15-9)16-12(13(10)17)14(18)19/h3,5,7,9,15H,2,4,6,8H2,1H3,(H,18,19). The van der Waals surface area contributed by atoms with Crippen molar-refractivity contribution >= 4 is 11.5 Å². The lowest BCUT2D eigenvalue weighted by Gasteiger charge is -2.09. The van der Waals surface area contributed by atoms with Crippen LogP contribution < -0.4 is 10.1 Å². The summed E-state index contributed by atoms with van der Waals surface area (Å²) in [6.45, 7) is 1.02. The van der Waals surface area contributed by atoms with Crippen LogP contribution in [0.2, 0.25) is 0 Å². The first-order chi connectivity index (χ1) is 9.70. The summed E-state index contributed by atoms with van der Waals surface area (Å²) in [4.78, 5) is 15.7. The van der Waals surface area contributed by atoms with Crippen molar-refractivity contribution in [1.82, 2.24) is 14.7 Å². The van der Waals surface area contributed by atoms with Gasteiger partial charge in [-0.1, -0.05) is 0 Å². The first-order valence-corrected chi connectivity index (χ1v) is 6.71. The van der Waals surface area contributed by atoms with Crippen LogP contribution in [0.4, 0.5) is 0 Å². The Balaban J connectivity index is 2.10. The number of aromatic nitrogens is 2. The van der Waals surface area contributed by atoms with Crippen LogP contribution in [0.25, 0.3) is 5.52 Å². The average Bonchev–Trinajstić information content (AvgIpc) is 3.07. The highest BCUT2D eigenvalue weighted by Crippen LogP contribution is 2.25. The Labute approximate surface area is 116 Å². The minimum atomic E-state index is -1.03. The number of nitrogens with zero attached hydrogens (tertiary/aromatic N) is 2. The molecule has 2 aromatic heterocycles. The van der Waals surface area contributed by atoms with Gasteiger partial charge in [-0.05, 0) is 31.5 Å². The molecule has 3 rings (SSSR count). The highest BCUT2D eigenvalue weighted by molar-refractivity contribution is 5.95. The molecule has 0 spiro atoms. The molecule has 20 heavy (non-hydrogen) atoms. The summed E-state index contributed by atoms with van der Waals surface area (Å²) in [7, 11) is 1.53. The van der Waals surface area contributed by atoms with Gasteiger partial charge in [-0.2, -0.15) is 0 Å². The van der Waals surface area contributed by atoms with Gasteiger partial charge in [-0.25, -0.2) is 9.78 Å². The highest BCUT2D eigenvalue weighted by Gasteiger charge is 2.23. The predicted octanol–water partition coefficient (Wildman–Crippen LogP) is 1.34. The van der Waals surface area contributed by atoms with E-state index >= 15 is 0 Å². The molecule has 1 saturated heterocycles. The molecule has 0 radical (unpaired) electrons. The van der Waals surface area contributed by atoms with Crippen molar-refractivity contribution in [3.05, 3.63) is 29.8 Å². The molecule has 1 aliphatic rings. The van der Waals surface area contributed by atoms with Gasteiger partial charge in [0.1, 0.15) is 17.1 Å². The van der Waals surface area contributed by atoms with E-state index in [1.807, 2.05) is 16.7 Å². The number of imidazole rings is 1. The lowest BCUT2D eigenvalue weighted by atomic mass is 10.1. The van der Waals surface area contributed by atoms with Crippen LogP contribution in [0.15, 0.2) is 18.3 Å². The summed E-state index contributed by atoms with van der Waals surface area (Å²) in [5, 5.41) is 12.7. The van der Waals surface area contributed by atoms with Gasteiger partial charge in [0.15, 0.2) is 5.69 Å². The van der Waals surface area contributed by atoms with Crippen molar-refractivity contribution in [2.45, 2.75) is 25.3 Å². The Hall–Kier alpha value is -2.08. The smallest absolute Gasteiger partial charge is 0.356 e. The summed E-state index contributed by atoms with van der Waals surface area (Å²) in [6, 6.07) is 3.96. The molecular weight excluding hydrogens is 258 g/mol. The molecule has 2 N–H and O–H groups in total. The van der Waals surface area contributed by atoms with Crippen molar-refractivity contribution in [3.63, 3.8) is 0 Å². The van der Waals surface area contributed by atoms with Gasteiger partial charge in [-0.15, -0.1) is 0 Å². The quantitative estimate of drug-likeness (QED) is 0.880. The van der Waals surface area contributed by atoms with Crippen molar-refractivity contribution in [3.8, 4) is 5.75 Å². The zero-order chi connectivity index (χ0) is 14.1. The second-order valence-corrected chi connectivity index (χ2v) is 4.97. The number of fused-ring (bicyclic) bond motifs is 1. The number of nitrogens with one attached hydrogen (secondary N) is 1. The Morgan fingerprint density at radius 2 is 2.50 bits per heavy atom. The van der Waals surface area contributed by atoms with Gasteiger partial charge in [-0.3, -0.25) is 4.40 Å². The van der Waals surface area contributed by atoms with E-state index in [0.29, 0.717) is 17.3 Å². The van der Waals surface area contributed by atoms with E-state index in [2.05, 4.69) is 10.3 Å². The van der Waals surface area contributed by atoms with Crippen LogP contribution in [0.3, 0.4) is 0 Å². The Bertz CT molecular complexity index is 644. The van der Waals surface area contributed by atoms with Crippen LogP contribution >= 0.6 is 0 Å². The number of pyridine rings is 1. The number of hydrogen-bond donors (Lipinski definition) is 2. The summed E-state index contributed by atoms with van der Waals surface area (Å²) in [6.07, 6.45) is 4.81. The molecule has 1 fully saturated rings. The summed E-state index contributed by atoms with van der Waals surface area (Å²) < 4.78 is 7.08. The summed E-state index contributed by atoms with van der Waals surface area (Å²) >= 11 is 0. The molecule has 0 bridgehead atoms. The maximum absolute atomic E-state index is 11.4. The van der Waals surface area contributed by atoms with Gasteiger partial charge in [0.2, 0.25) is 0 Å². The third-order valence-corrected chi connectivity index (χ3v) is 3.71. The van der Waals surface area contributed by atoms with Crippen LogP contribution in [0.1, 0.15) is 29.2 Å². The predicted molar refractivity (Wildman–Crippen MR) is 73.4 cm³/mol. The molecule has 2 aromatic rings. The first kappa shape index (κ1) is 12.9. The number of hydrogen-bond acceptors (Lipinski definition) is 4. The lowest BCUT2D eigenvalue weighted by Crippen LogP contribution is -2.24. The third kappa shape index (κ3) is 2.12.